The first-order valence-corrected chi connectivity index (χ1v) is 11.1. The third-order valence-corrected chi connectivity index (χ3v) is 6.06. The maximum Gasteiger partial charge on any atom is 0.224 e. The summed E-state index contributed by atoms with van der Waals surface area (Å²) in [5.41, 5.74) is 2.16. The molecule has 4 aromatic rings. The van der Waals surface area contributed by atoms with E-state index in [1.54, 1.807) is 13.3 Å². The molecule has 1 atom stereocenters. The molecule has 0 aliphatic carbocycles. The van der Waals surface area contributed by atoms with Gasteiger partial charge in [0.15, 0.2) is 17.3 Å². The number of para-hydroxylation sites is 1. The topological polar surface area (TPSA) is 122 Å². The summed E-state index contributed by atoms with van der Waals surface area (Å²) in [6.45, 7) is 5.72. The first-order chi connectivity index (χ1) is 16.1. The summed E-state index contributed by atoms with van der Waals surface area (Å²) in [4.78, 5) is 38.8. The Morgan fingerprint density at radius 1 is 1.21 bits per heavy atom. The lowest BCUT2D eigenvalue weighted by atomic mass is 9.98. The van der Waals surface area contributed by atoms with Crippen molar-refractivity contribution in [3.05, 3.63) is 42.7 Å². The first-order valence-electron chi connectivity index (χ1n) is 11.1. The number of piperidine rings is 1. The van der Waals surface area contributed by atoms with E-state index in [2.05, 4.69) is 25.3 Å². The average molecular weight is 447 g/mol. The molecule has 1 unspecified atom stereocenters. The number of carbonyl (C=O) groups excluding carboxylic acids is 1. The van der Waals surface area contributed by atoms with E-state index < -0.39 is 0 Å². The van der Waals surface area contributed by atoms with Crippen molar-refractivity contribution in [1.82, 2.24) is 34.8 Å². The number of H-pyrrole nitrogens is 1. The highest BCUT2D eigenvalue weighted by Crippen LogP contribution is 2.28. The smallest absolute Gasteiger partial charge is 0.224 e. The van der Waals surface area contributed by atoms with Gasteiger partial charge in [-0.05, 0) is 37.8 Å². The summed E-state index contributed by atoms with van der Waals surface area (Å²) in [6.07, 6.45) is 4.94. The van der Waals surface area contributed by atoms with Gasteiger partial charge in [-0.15, -0.1) is 0 Å². The average Bonchev–Trinajstić information content (AvgIpc) is 3.32. The summed E-state index contributed by atoms with van der Waals surface area (Å²) >= 11 is 0. The molecule has 0 radical (unpaired) electrons. The molecule has 3 aromatic heterocycles. The van der Waals surface area contributed by atoms with Gasteiger partial charge in [0.1, 0.15) is 11.8 Å². The summed E-state index contributed by atoms with van der Waals surface area (Å²) in [6, 6.07) is 7.62. The fourth-order valence-electron chi connectivity index (χ4n) is 4.12. The van der Waals surface area contributed by atoms with Crippen LogP contribution in [-0.2, 0) is 4.79 Å². The molecule has 1 aliphatic heterocycles. The van der Waals surface area contributed by atoms with Crippen molar-refractivity contribution in [2.75, 3.05) is 25.0 Å². The molecule has 4 heterocycles. The van der Waals surface area contributed by atoms with E-state index in [4.69, 9.17) is 14.7 Å². The summed E-state index contributed by atoms with van der Waals surface area (Å²) < 4.78 is 6.23. The second kappa shape index (κ2) is 8.97. The molecule has 1 fully saturated rings. The zero-order chi connectivity index (χ0) is 22.8. The Balaban J connectivity index is 1.35. The van der Waals surface area contributed by atoms with Gasteiger partial charge in [-0.3, -0.25) is 4.79 Å². The van der Waals surface area contributed by atoms with Crippen molar-refractivity contribution < 1.29 is 9.53 Å². The molecule has 2 N–H and O–H groups in total. The number of nitrogens with zero attached hydrogens (tertiary/aromatic N) is 6. The SMILES string of the molecule is CC(=O)N1CCC(COc2nc(C(C)Nc3ncnc4[nH]cnc34)nc3ccccc23)CC1. The molecule has 0 spiro atoms. The Kier molecular flexibility index (Phi) is 5.72. The maximum absolute atomic E-state index is 11.6. The number of anilines is 1. The monoisotopic (exact) mass is 446 g/mol. The number of carbonyl (C=O) groups is 1. The molecule has 5 rings (SSSR count). The standard InChI is InChI=1S/C23H26N8O2/c1-14(28-22-19-21(25-12-24-19)26-13-27-22)20-29-18-6-4-3-5-17(18)23(30-20)33-11-16-7-9-31(10-8-16)15(2)32/h3-6,12-14,16H,7-11H2,1-2H3,(H2,24,25,26,27,28). The van der Waals surface area contributed by atoms with Gasteiger partial charge in [0.25, 0.3) is 0 Å². The van der Waals surface area contributed by atoms with Crippen molar-refractivity contribution in [1.29, 1.82) is 0 Å². The van der Waals surface area contributed by atoms with E-state index >= 15 is 0 Å². The Hall–Kier alpha value is -3.82. The third kappa shape index (κ3) is 4.41. The fraction of sp³-hybridized carbons (Fsp3) is 0.391. The molecule has 1 aliphatic rings. The zero-order valence-corrected chi connectivity index (χ0v) is 18.7. The lowest BCUT2D eigenvalue weighted by Gasteiger charge is -2.31. The highest BCUT2D eigenvalue weighted by molar-refractivity contribution is 5.84. The van der Waals surface area contributed by atoms with E-state index in [0.29, 0.717) is 41.2 Å². The van der Waals surface area contributed by atoms with Crippen molar-refractivity contribution in [3.8, 4) is 5.88 Å². The number of aromatic nitrogens is 6. The highest BCUT2D eigenvalue weighted by atomic mass is 16.5. The van der Waals surface area contributed by atoms with E-state index in [1.165, 1.54) is 6.33 Å². The number of benzene rings is 1. The molecule has 0 saturated carbocycles. The van der Waals surface area contributed by atoms with Gasteiger partial charge in [-0.1, -0.05) is 12.1 Å². The Morgan fingerprint density at radius 3 is 2.85 bits per heavy atom. The van der Waals surface area contributed by atoms with Crippen LogP contribution in [0.15, 0.2) is 36.9 Å². The van der Waals surface area contributed by atoms with E-state index in [-0.39, 0.29) is 11.9 Å². The molecule has 1 amide bonds. The van der Waals surface area contributed by atoms with Crippen LogP contribution in [-0.4, -0.2) is 60.4 Å². The van der Waals surface area contributed by atoms with Gasteiger partial charge in [0.2, 0.25) is 11.8 Å². The molecule has 10 heteroatoms. The number of nitrogens with one attached hydrogen (secondary N) is 2. The van der Waals surface area contributed by atoms with Gasteiger partial charge in [-0.25, -0.2) is 19.9 Å². The minimum Gasteiger partial charge on any atom is -0.477 e. The van der Waals surface area contributed by atoms with Crippen molar-refractivity contribution in [2.24, 2.45) is 5.92 Å². The van der Waals surface area contributed by atoms with Gasteiger partial charge in [-0.2, -0.15) is 4.98 Å². The lowest BCUT2D eigenvalue weighted by Crippen LogP contribution is -2.38. The fourth-order valence-corrected chi connectivity index (χ4v) is 4.12. The van der Waals surface area contributed by atoms with Crippen LogP contribution in [0, 0.1) is 5.92 Å². The van der Waals surface area contributed by atoms with Crippen LogP contribution >= 0.6 is 0 Å². The van der Waals surface area contributed by atoms with Crippen LogP contribution in [0.1, 0.15) is 38.6 Å². The maximum atomic E-state index is 11.6. The number of fused-ring (bicyclic) bond motifs is 2. The predicted molar refractivity (Wildman–Crippen MR) is 124 cm³/mol. The van der Waals surface area contributed by atoms with Crippen LogP contribution in [0.2, 0.25) is 0 Å². The number of hydrogen-bond donors (Lipinski definition) is 2. The Bertz CT molecular complexity index is 1280. The van der Waals surface area contributed by atoms with Gasteiger partial charge in [0.05, 0.1) is 29.9 Å². The van der Waals surface area contributed by atoms with Gasteiger partial charge >= 0.3 is 0 Å². The number of aromatic amines is 1. The molecular formula is C23H26N8O2. The predicted octanol–water partition coefficient (Wildman–Crippen LogP) is 3.11. The number of hydrogen-bond acceptors (Lipinski definition) is 8. The molecule has 33 heavy (non-hydrogen) atoms. The minimum atomic E-state index is -0.231. The van der Waals surface area contributed by atoms with Crippen molar-refractivity contribution >= 4 is 33.8 Å². The molecule has 10 nitrogen and oxygen atoms in total. The molecule has 1 saturated heterocycles. The summed E-state index contributed by atoms with van der Waals surface area (Å²) in [5.74, 6) is 2.33. The van der Waals surface area contributed by atoms with Crippen LogP contribution in [0.5, 0.6) is 5.88 Å². The highest BCUT2D eigenvalue weighted by Gasteiger charge is 2.22. The number of likely N-dealkylation sites (tertiary alicyclic amines) is 1. The number of imidazole rings is 1. The quantitative estimate of drug-likeness (QED) is 0.463. The van der Waals surface area contributed by atoms with Crippen LogP contribution < -0.4 is 10.1 Å². The summed E-state index contributed by atoms with van der Waals surface area (Å²) in [5, 5.41) is 4.23. The molecule has 1 aromatic carbocycles. The largest absolute Gasteiger partial charge is 0.477 e. The molecule has 170 valence electrons. The van der Waals surface area contributed by atoms with Gasteiger partial charge in [0, 0.05) is 20.0 Å². The Labute approximate surface area is 190 Å². The number of amides is 1. The zero-order valence-electron chi connectivity index (χ0n) is 18.7. The van der Waals surface area contributed by atoms with Crippen molar-refractivity contribution in [2.45, 2.75) is 32.7 Å². The number of rotatable bonds is 6. The number of ether oxygens (including phenoxy) is 1. The lowest BCUT2D eigenvalue weighted by molar-refractivity contribution is -0.130. The van der Waals surface area contributed by atoms with Crippen LogP contribution in [0.3, 0.4) is 0 Å². The second-order valence-electron chi connectivity index (χ2n) is 8.35. The van der Waals surface area contributed by atoms with Crippen LogP contribution in [0.25, 0.3) is 22.1 Å². The summed E-state index contributed by atoms with van der Waals surface area (Å²) in [7, 11) is 0. The van der Waals surface area contributed by atoms with E-state index in [0.717, 1.165) is 36.8 Å². The first kappa shape index (κ1) is 21.0. The van der Waals surface area contributed by atoms with Crippen molar-refractivity contribution in [3.63, 3.8) is 0 Å². The van der Waals surface area contributed by atoms with E-state index in [1.807, 2.05) is 36.1 Å². The normalized spacial score (nSPS) is 15.6. The minimum absolute atomic E-state index is 0.137. The van der Waals surface area contributed by atoms with Gasteiger partial charge < -0.3 is 19.9 Å². The van der Waals surface area contributed by atoms with E-state index in [9.17, 15) is 4.79 Å². The molecular weight excluding hydrogens is 420 g/mol. The van der Waals surface area contributed by atoms with Crippen LogP contribution in [0.4, 0.5) is 5.82 Å². The molecule has 0 bridgehead atoms. The Morgan fingerprint density at radius 2 is 2.03 bits per heavy atom. The second-order valence-corrected chi connectivity index (χ2v) is 8.35. The third-order valence-electron chi connectivity index (χ3n) is 6.06.